The number of aryl methyl sites for hydroxylation is 2. The molecular weight excluding hydrogens is 450 g/mol. The Morgan fingerprint density at radius 1 is 1.00 bits per heavy atom. The molecule has 1 aliphatic rings. The van der Waals surface area contributed by atoms with Gasteiger partial charge in [-0.05, 0) is 60.7 Å². The van der Waals surface area contributed by atoms with Crippen LogP contribution in [0.15, 0.2) is 60.8 Å². The molecule has 0 spiro atoms. The van der Waals surface area contributed by atoms with Crippen molar-refractivity contribution in [2.75, 3.05) is 0 Å². The maximum absolute atomic E-state index is 14.0. The van der Waals surface area contributed by atoms with Crippen LogP contribution in [0.5, 0.6) is 0 Å². The number of hydrogen-bond acceptors (Lipinski definition) is 4. The molecule has 32 heavy (non-hydrogen) atoms. The molecule has 0 amide bonds. The molecule has 0 saturated carbocycles. The Labute approximate surface area is 194 Å². The number of thiazole rings is 1. The molecular formula is C25H19ClF2N2OS. The first-order chi connectivity index (χ1) is 15.1. The summed E-state index contributed by atoms with van der Waals surface area (Å²) >= 11 is 1.31. The van der Waals surface area contributed by atoms with Crippen molar-refractivity contribution in [3.63, 3.8) is 0 Å². The fourth-order valence-corrected chi connectivity index (χ4v) is 5.03. The van der Waals surface area contributed by atoms with Crippen molar-refractivity contribution in [2.24, 2.45) is 0 Å². The second-order valence-corrected chi connectivity index (χ2v) is 8.53. The summed E-state index contributed by atoms with van der Waals surface area (Å²) < 4.78 is 28.0. The lowest BCUT2D eigenvalue weighted by molar-refractivity contribution is 0.0990. The number of carbonyl (C=O) groups excluding carboxylic acids is 1. The van der Waals surface area contributed by atoms with E-state index in [9.17, 15) is 13.6 Å². The Morgan fingerprint density at radius 3 is 2.56 bits per heavy atom. The molecule has 5 rings (SSSR count). The van der Waals surface area contributed by atoms with Crippen LogP contribution in [0.25, 0.3) is 21.7 Å². The van der Waals surface area contributed by atoms with Gasteiger partial charge in [0.05, 0.1) is 16.3 Å². The van der Waals surface area contributed by atoms with E-state index in [4.69, 9.17) is 0 Å². The smallest absolute Gasteiger partial charge is 0.195 e. The lowest BCUT2D eigenvalue weighted by Crippen LogP contribution is -2.07. The number of benzene rings is 2. The number of Topliss-reactive ketones (excluding diaryl/α,β-unsaturated/α-hetero) is 1. The van der Waals surface area contributed by atoms with E-state index >= 15 is 0 Å². The van der Waals surface area contributed by atoms with E-state index in [0.29, 0.717) is 5.01 Å². The van der Waals surface area contributed by atoms with Crippen molar-refractivity contribution in [3.05, 3.63) is 94.3 Å². The minimum Gasteiger partial charge on any atom is -0.291 e. The summed E-state index contributed by atoms with van der Waals surface area (Å²) in [6.45, 7) is 0. The van der Waals surface area contributed by atoms with Gasteiger partial charge in [0.1, 0.15) is 11.6 Å². The quantitative estimate of drug-likeness (QED) is 0.322. The summed E-state index contributed by atoms with van der Waals surface area (Å²) in [5.41, 5.74) is 4.81. The minimum absolute atomic E-state index is 0. The van der Waals surface area contributed by atoms with Gasteiger partial charge in [-0.15, -0.1) is 23.7 Å². The number of pyridine rings is 1. The van der Waals surface area contributed by atoms with Crippen LogP contribution in [-0.2, 0) is 19.3 Å². The van der Waals surface area contributed by atoms with Crippen LogP contribution in [0.4, 0.5) is 8.78 Å². The predicted octanol–water partition coefficient (Wildman–Crippen LogP) is 6.49. The molecule has 3 nitrogen and oxygen atoms in total. The third kappa shape index (κ3) is 4.20. The standard InChI is InChI=1S/C25H18F2N2OS.ClH/c26-19-6-4-7-20(27)18(19)14-23(30)25-29-22-9-3-5-15-10-11-16(13-17(15)24(22)31-25)21-8-1-2-12-28-21;/h1-2,4,6-8,10-13H,3,5,9,14H2;1H. The van der Waals surface area contributed by atoms with E-state index in [0.717, 1.165) is 58.8 Å². The molecule has 7 heteroatoms. The maximum atomic E-state index is 14.0. The normalized spacial score (nSPS) is 12.3. The van der Waals surface area contributed by atoms with Gasteiger partial charge < -0.3 is 0 Å². The number of aromatic nitrogens is 2. The van der Waals surface area contributed by atoms with E-state index in [1.807, 2.05) is 18.2 Å². The number of ketones is 1. The van der Waals surface area contributed by atoms with Gasteiger partial charge in [0.2, 0.25) is 0 Å². The fourth-order valence-electron chi connectivity index (χ4n) is 3.93. The van der Waals surface area contributed by atoms with Gasteiger partial charge in [-0.1, -0.05) is 24.3 Å². The van der Waals surface area contributed by atoms with Gasteiger partial charge in [-0.2, -0.15) is 0 Å². The van der Waals surface area contributed by atoms with Crippen LogP contribution in [0.2, 0.25) is 0 Å². The lowest BCUT2D eigenvalue weighted by atomic mass is 9.99. The number of halogens is 3. The second-order valence-electron chi connectivity index (χ2n) is 7.54. The average Bonchev–Trinajstić information content (AvgIpc) is 3.14. The van der Waals surface area contributed by atoms with E-state index in [-0.39, 0.29) is 30.2 Å². The first-order valence-corrected chi connectivity index (χ1v) is 10.9. The zero-order valence-corrected chi connectivity index (χ0v) is 18.6. The molecule has 2 aromatic heterocycles. The molecule has 0 atom stereocenters. The summed E-state index contributed by atoms with van der Waals surface area (Å²) in [6, 6.07) is 15.7. The summed E-state index contributed by atoms with van der Waals surface area (Å²) in [5.74, 6) is -1.79. The molecule has 0 saturated heterocycles. The minimum atomic E-state index is -0.711. The van der Waals surface area contributed by atoms with Crippen molar-refractivity contribution < 1.29 is 13.6 Å². The Balaban J connectivity index is 0.00000245. The van der Waals surface area contributed by atoms with E-state index in [1.54, 1.807) is 6.20 Å². The molecule has 4 aromatic rings. The highest BCUT2D eigenvalue weighted by molar-refractivity contribution is 7.17. The lowest BCUT2D eigenvalue weighted by Gasteiger charge is -2.08. The first-order valence-electron chi connectivity index (χ1n) is 10.1. The molecule has 0 aliphatic heterocycles. The van der Waals surface area contributed by atoms with E-state index in [1.165, 1.54) is 23.0 Å². The number of hydrogen-bond donors (Lipinski definition) is 0. The van der Waals surface area contributed by atoms with Crippen LogP contribution in [0.1, 0.15) is 33.0 Å². The Hall–Kier alpha value is -2.96. The van der Waals surface area contributed by atoms with Crippen molar-refractivity contribution in [1.82, 2.24) is 9.97 Å². The zero-order chi connectivity index (χ0) is 21.4. The largest absolute Gasteiger partial charge is 0.291 e. The van der Waals surface area contributed by atoms with Crippen molar-refractivity contribution in [2.45, 2.75) is 25.7 Å². The molecule has 0 fully saturated rings. The summed E-state index contributed by atoms with van der Waals surface area (Å²) in [6.07, 6.45) is 4.05. The first kappa shape index (κ1) is 22.2. The van der Waals surface area contributed by atoms with Crippen LogP contribution >= 0.6 is 23.7 Å². The Kier molecular flexibility index (Phi) is 6.44. The second kappa shape index (κ2) is 9.27. The van der Waals surface area contributed by atoms with E-state index in [2.05, 4.69) is 28.2 Å². The molecule has 2 aromatic carbocycles. The van der Waals surface area contributed by atoms with E-state index < -0.39 is 11.6 Å². The van der Waals surface area contributed by atoms with Crippen LogP contribution in [-0.4, -0.2) is 15.8 Å². The highest BCUT2D eigenvalue weighted by atomic mass is 35.5. The van der Waals surface area contributed by atoms with Crippen LogP contribution in [0.3, 0.4) is 0 Å². The van der Waals surface area contributed by atoms with Crippen molar-refractivity contribution in [1.29, 1.82) is 0 Å². The number of rotatable bonds is 4. The summed E-state index contributed by atoms with van der Waals surface area (Å²) in [4.78, 5) is 22.8. The molecule has 0 bridgehead atoms. The maximum Gasteiger partial charge on any atom is 0.195 e. The third-order valence-electron chi connectivity index (χ3n) is 5.51. The fraction of sp³-hybridized carbons (Fsp3) is 0.160. The third-order valence-corrected chi connectivity index (χ3v) is 6.68. The monoisotopic (exact) mass is 468 g/mol. The van der Waals surface area contributed by atoms with Gasteiger partial charge in [0.25, 0.3) is 0 Å². The number of nitrogens with zero attached hydrogens (tertiary/aromatic N) is 2. The Morgan fingerprint density at radius 2 is 1.81 bits per heavy atom. The zero-order valence-electron chi connectivity index (χ0n) is 17.0. The van der Waals surface area contributed by atoms with Crippen LogP contribution < -0.4 is 0 Å². The number of carbonyl (C=O) groups is 1. The molecule has 0 N–H and O–H groups in total. The predicted molar refractivity (Wildman–Crippen MR) is 124 cm³/mol. The molecule has 1 aliphatic carbocycles. The highest BCUT2D eigenvalue weighted by Gasteiger charge is 2.24. The summed E-state index contributed by atoms with van der Waals surface area (Å²) in [7, 11) is 0. The Bertz CT molecular complexity index is 1270. The van der Waals surface area contributed by atoms with Crippen LogP contribution in [0, 0.1) is 11.6 Å². The molecule has 2 heterocycles. The van der Waals surface area contributed by atoms with Gasteiger partial charge in [0.15, 0.2) is 10.8 Å². The van der Waals surface area contributed by atoms with Crippen molar-refractivity contribution >= 4 is 29.5 Å². The van der Waals surface area contributed by atoms with Gasteiger partial charge in [0, 0.05) is 23.7 Å². The topological polar surface area (TPSA) is 42.9 Å². The molecule has 0 radical (unpaired) electrons. The SMILES string of the molecule is Cl.O=C(Cc1c(F)cccc1F)c1nc2c(s1)-c1cc(-c3ccccn3)ccc1CCC2. The summed E-state index contributed by atoms with van der Waals surface area (Å²) in [5, 5.41) is 0.295. The van der Waals surface area contributed by atoms with Crippen molar-refractivity contribution in [3.8, 4) is 21.7 Å². The number of fused-ring (bicyclic) bond motifs is 3. The average molecular weight is 469 g/mol. The highest BCUT2D eigenvalue weighted by Crippen LogP contribution is 2.39. The molecule has 162 valence electrons. The van der Waals surface area contributed by atoms with Gasteiger partial charge >= 0.3 is 0 Å². The molecule has 0 unspecified atom stereocenters. The van der Waals surface area contributed by atoms with Gasteiger partial charge in [-0.3, -0.25) is 9.78 Å². The van der Waals surface area contributed by atoms with Gasteiger partial charge in [-0.25, -0.2) is 13.8 Å².